The maximum Gasteiger partial charge on any atom is 0.303 e. The summed E-state index contributed by atoms with van der Waals surface area (Å²) in [6, 6.07) is 8.92. The number of benzene rings is 1. The molecule has 1 saturated carbocycles. The summed E-state index contributed by atoms with van der Waals surface area (Å²) >= 11 is 0. The lowest BCUT2D eigenvalue weighted by molar-refractivity contribution is -0.137. The van der Waals surface area contributed by atoms with Crippen molar-refractivity contribution in [3.05, 3.63) is 35.4 Å². The van der Waals surface area contributed by atoms with Crippen LogP contribution in [0.4, 0.5) is 0 Å². The third kappa shape index (κ3) is 9.07. The maximum atomic E-state index is 10.6. The first kappa shape index (κ1) is 20.7. The summed E-state index contributed by atoms with van der Waals surface area (Å²) in [6.45, 7) is 4.16. The van der Waals surface area contributed by atoms with Crippen molar-refractivity contribution in [2.24, 2.45) is 5.73 Å². The Hall–Kier alpha value is -1.35. The molecule has 0 heterocycles. The monoisotopic (exact) mass is 333 g/mol. The third-order valence-electron chi connectivity index (χ3n) is 4.75. The Morgan fingerprint density at radius 3 is 2.25 bits per heavy atom. The number of unbranched alkanes of at least 4 members (excludes halogenated alkanes) is 2. The molecule has 1 fully saturated rings. The topological polar surface area (TPSA) is 63.3 Å². The van der Waals surface area contributed by atoms with Crippen molar-refractivity contribution in [1.82, 2.24) is 0 Å². The van der Waals surface area contributed by atoms with Crippen LogP contribution >= 0.6 is 0 Å². The normalized spacial score (nSPS) is 16.1. The van der Waals surface area contributed by atoms with Crippen LogP contribution in [0.3, 0.4) is 0 Å². The molecule has 3 nitrogen and oxygen atoms in total. The van der Waals surface area contributed by atoms with Gasteiger partial charge in [0.1, 0.15) is 0 Å². The smallest absolute Gasteiger partial charge is 0.303 e. The molecule has 136 valence electrons. The molecule has 1 aromatic rings. The molecule has 24 heavy (non-hydrogen) atoms. The predicted octanol–water partition coefficient (Wildman–Crippen LogP) is 5.28. The van der Waals surface area contributed by atoms with Crippen LogP contribution in [0.5, 0.6) is 0 Å². The number of carbonyl (C=O) groups is 1. The molecule has 0 bridgehead atoms. The molecular formula is C21H35NO2. The number of aliphatic carboxylic acids is 1. The second kappa shape index (κ2) is 12.1. The lowest BCUT2D eigenvalue weighted by Crippen LogP contribution is -2.22. The summed E-state index contributed by atoms with van der Waals surface area (Å²) in [6.07, 6.45) is 11.7. The quantitative estimate of drug-likeness (QED) is 0.668. The van der Waals surface area contributed by atoms with Gasteiger partial charge in [0.2, 0.25) is 0 Å². The molecule has 1 unspecified atom stereocenters. The average molecular weight is 334 g/mol. The highest BCUT2D eigenvalue weighted by atomic mass is 16.4. The van der Waals surface area contributed by atoms with E-state index >= 15 is 0 Å². The molecule has 3 N–H and O–H groups in total. The molecule has 0 aromatic heterocycles. The van der Waals surface area contributed by atoms with Crippen molar-refractivity contribution in [2.75, 3.05) is 0 Å². The van der Waals surface area contributed by atoms with E-state index in [1.54, 1.807) is 0 Å². The van der Waals surface area contributed by atoms with Gasteiger partial charge in [-0.15, -0.1) is 0 Å². The van der Waals surface area contributed by atoms with Gasteiger partial charge in [-0.1, -0.05) is 70.2 Å². The maximum absolute atomic E-state index is 10.6. The number of nitrogens with two attached hydrogens (primary N) is 1. The van der Waals surface area contributed by atoms with Gasteiger partial charge < -0.3 is 10.8 Å². The zero-order chi connectivity index (χ0) is 17.8. The summed E-state index contributed by atoms with van der Waals surface area (Å²) < 4.78 is 0. The van der Waals surface area contributed by atoms with Crippen molar-refractivity contribution in [2.45, 2.75) is 90.0 Å². The van der Waals surface area contributed by atoms with E-state index in [1.165, 1.54) is 56.9 Å². The lowest BCUT2D eigenvalue weighted by atomic mass is 9.96. The van der Waals surface area contributed by atoms with Crippen LogP contribution in [0.15, 0.2) is 24.3 Å². The molecule has 2 rings (SSSR count). The molecule has 0 spiro atoms. The Morgan fingerprint density at radius 1 is 1.17 bits per heavy atom. The van der Waals surface area contributed by atoms with Crippen molar-refractivity contribution in [3.8, 4) is 0 Å². The highest BCUT2D eigenvalue weighted by Crippen LogP contribution is 2.20. The lowest BCUT2D eigenvalue weighted by Gasteiger charge is -2.15. The van der Waals surface area contributed by atoms with Crippen LogP contribution in [0.1, 0.15) is 88.7 Å². The van der Waals surface area contributed by atoms with E-state index < -0.39 is 5.97 Å². The van der Waals surface area contributed by atoms with Gasteiger partial charge in [-0.05, 0) is 42.7 Å². The van der Waals surface area contributed by atoms with Crippen molar-refractivity contribution in [3.63, 3.8) is 0 Å². The van der Waals surface area contributed by atoms with Gasteiger partial charge in [0.05, 0.1) is 6.42 Å². The number of hydrogen-bond donors (Lipinski definition) is 2. The van der Waals surface area contributed by atoms with Crippen molar-refractivity contribution < 1.29 is 9.90 Å². The molecule has 1 aliphatic carbocycles. The minimum atomic E-state index is -0.732. The average Bonchev–Trinajstić information content (AvgIpc) is 2.56. The Kier molecular flexibility index (Phi) is 10.4. The van der Waals surface area contributed by atoms with Crippen LogP contribution in [0, 0.1) is 0 Å². The first-order chi connectivity index (χ1) is 11.5. The Bertz CT molecular complexity index is 449. The summed E-state index contributed by atoms with van der Waals surface area (Å²) in [5.74, 6) is -0.637. The minimum absolute atomic E-state index is 0.0946. The van der Waals surface area contributed by atoms with Crippen LogP contribution in [0.2, 0.25) is 0 Å². The molecule has 0 radical (unpaired) electrons. The summed E-state index contributed by atoms with van der Waals surface area (Å²) in [4.78, 5) is 10.6. The summed E-state index contributed by atoms with van der Waals surface area (Å²) in [5, 5.41) is 8.74. The van der Waals surface area contributed by atoms with Crippen LogP contribution in [-0.4, -0.2) is 17.1 Å². The fourth-order valence-corrected chi connectivity index (χ4v) is 3.11. The number of rotatable bonds is 7. The molecule has 1 aliphatic rings. The molecule has 0 saturated heterocycles. The first-order valence-corrected chi connectivity index (χ1v) is 9.59. The predicted molar refractivity (Wildman–Crippen MR) is 101 cm³/mol. The van der Waals surface area contributed by atoms with Crippen LogP contribution in [0.25, 0.3) is 0 Å². The van der Waals surface area contributed by atoms with E-state index in [4.69, 9.17) is 10.8 Å². The molecule has 1 aromatic carbocycles. The van der Waals surface area contributed by atoms with Gasteiger partial charge in [-0.3, -0.25) is 4.79 Å². The van der Waals surface area contributed by atoms with Gasteiger partial charge in [0.25, 0.3) is 0 Å². The Morgan fingerprint density at radius 2 is 1.79 bits per heavy atom. The van der Waals surface area contributed by atoms with E-state index in [1.807, 2.05) is 6.92 Å². The van der Waals surface area contributed by atoms with Crippen LogP contribution < -0.4 is 5.73 Å². The molecule has 3 heteroatoms. The second-order valence-corrected chi connectivity index (χ2v) is 7.10. The minimum Gasteiger partial charge on any atom is -0.481 e. The zero-order valence-corrected chi connectivity index (χ0v) is 15.5. The summed E-state index contributed by atoms with van der Waals surface area (Å²) in [5.41, 5.74) is 8.10. The molecular weight excluding hydrogens is 298 g/mol. The van der Waals surface area contributed by atoms with Crippen LogP contribution in [-0.2, 0) is 11.2 Å². The van der Waals surface area contributed by atoms with E-state index in [0.717, 1.165) is 12.0 Å². The fraction of sp³-hybridized carbons (Fsp3) is 0.667. The van der Waals surface area contributed by atoms with Gasteiger partial charge in [0.15, 0.2) is 0 Å². The van der Waals surface area contributed by atoms with Gasteiger partial charge in [0, 0.05) is 6.04 Å². The largest absolute Gasteiger partial charge is 0.481 e. The van der Waals surface area contributed by atoms with E-state index in [0.29, 0.717) is 6.04 Å². The SMILES string of the molecule is CCCCCc1ccc(C(C)CC(=O)O)cc1.NC1CCCCC1. The summed E-state index contributed by atoms with van der Waals surface area (Å²) in [7, 11) is 0. The van der Waals surface area contributed by atoms with E-state index in [-0.39, 0.29) is 12.3 Å². The molecule has 0 amide bonds. The Labute approximate surface area is 147 Å². The third-order valence-corrected chi connectivity index (χ3v) is 4.75. The molecule has 0 aliphatic heterocycles. The van der Waals surface area contributed by atoms with E-state index in [9.17, 15) is 4.79 Å². The first-order valence-electron chi connectivity index (χ1n) is 9.59. The zero-order valence-electron chi connectivity index (χ0n) is 15.5. The van der Waals surface area contributed by atoms with Gasteiger partial charge in [-0.25, -0.2) is 0 Å². The Balaban J connectivity index is 0.000000341. The van der Waals surface area contributed by atoms with Crippen molar-refractivity contribution in [1.29, 1.82) is 0 Å². The van der Waals surface area contributed by atoms with Gasteiger partial charge >= 0.3 is 5.97 Å². The highest BCUT2D eigenvalue weighted by molar-refractivity contribution is 5.67. The molecule has 1 atom stereocenters. The van der Waals surface area contributed by atoms with Gasteiger partial charge in [-0.2, -0.15) is 0 Å². The van der Waals surface area contributed by atoms with Crippen molar-refractivity contribution >= 4 is 5.97 Å². The standard InChI is InChI=1S/C15H22O2.C6H13N/c1-3-4-5-6-13-7-9-14(10-8-13)12(2)11-15(16)17;7-6-4-2-1-3-5-6/h7-10,12H,3-6,11H2,1-2H3,(H,16,17);6H,1-5,7H2. The number of carboxylic acids is 1. The van der Waals surface area contributed by atoms with E-state index in [2.05, 4.69) is 31.2 Å². The highest BCUT2D eigenvalue weighted by Gasteiger charge is 2.09. The fourth-order valence-electron chi connectivity index (χ4n) is 3.11. The second-order valence-electron chi connectivity index (χ2n) is 7.10. The number of carboxylic acid groups (broad SMARTS) is 1. The number of hydrogen-bond acceptors (Lipinski definition) is 2. The number of aryl methyl sites for hydroxylation is 1.